The van der Waals surface area contributed by atoms with Gasteiger partial charge in [0.25, 0.3) is 5.91 Å². The minimum atomic E-state index is -0.706. The highest BCUT2D eigenvalue weighted by Crippen LogP contribution is 2.22. The average Bonchev–Trinajstić information content (AvgIpc) is 3.26. The van der Waals surface area contributed by atoms with Crippen molar-refractivity contribution >= 4 is 23.5 Å². The molecule has 4 N–H and O–H groups in total. The van der Waals surface area contributed by atoms with E-state index < -0.39 is 29.0 Å². The molecule has 1 aliphatic carbocycles. The molecule has 10 heteroatoms. The number of hydrogen-bond acceptors (Lipinski definition) is 5. The molecule has 1 fully saturated rings. The summed E-state index contributed by atoms with van der Waals surface area (Å²) in [6, 6.07) is 1.54. The predicted molar refractivity (Wildman–Crippen MR) is 110 cm³/mol. The fraction of sp³-hybridized carbons (Fsp3) is 0.600. The molecule has 1 saturated carbocycles. The van der Waals surface area contributed by atoms with Gasteiger partial charge in [0.05, 0.1) is 12.6 Å². The highest BCUT2D eigenvalue weighted by atomic mass is 16.6. The van der Waals surface area contributed by atoms with E-state index in [0.29, 0.717) is 12.2 Å². The van der Waals surface area contributed by atoms with Crippen LogP contribution in [0.3, 0.4) is 0 Å². The van der Waals surface area contributed by atoms with Gasteiger partial charge in [-0.25, -0.2) is 14.7 Å². The molecular formula is C20H30N5O5+. The molecule has 0 saturated heterocycles. The molecule has 0 atom stereocenters. The van der Waals surface area contributed by atoms with Crippen molar-refractivity contribution in [2.75, 3.05) is 5.32 Å². The molecule has 0 bridgehead atoms. The van der Waals surface area contributed by atoms with E-state index in [9.17, 15) is 19.5 Å². The number of H-pyrrole nitrogens is 1. The van der Waals surface area contributed by atoms with Crippen LogP contribution in [0.15, 0.2) is 10.9 Å². The summed E-state index contributed by atoms with van der Waals surface area (Å²) in [4.78, 5) is 37.7. The molecule has 164 valence electrons. The molecule has 2 amide bonds. The maximum atomic E-state index is 13.0. The Morgan fingerprint density at radius 3 is 2.43 bits per heavy atom. The number of aromatic amines is 1. The van der Waals surface area contributed by atoms with Crippen LogP contribution < -0.4 is 20.8 Å². The molecule has 1 aliphatic rings. The van der Waals surface area contributed by atoms with Gasteiger partial charge in [-0.05, 0) is 39.0 Å². The molecule has 30 heavy (non-hydrogen) atoms. The first kappa shape index (κ1) is 21.7. The lowest BCUT2D eigenvalue weighted by molar-refractivity contribution is -0.692. The molecule has 0 aromatic carbocycles. The SMILES string of the molecule is CC(C)(C)C[n+]1c(O)c(C(=O)NC2CC2)c(=O)n2[nH]c(NC(=O)OC(C)(C)C)cc21. The van der Waals surface area contributed by atoms with Gasteiger partial charge in [-0.1, -0.05) is 25.3 Å². The van der Waals surface area contributed by atoms with E-state index in [4.69, 9.17) is 4.74 Å². The Hall–Kier alpha value is -3.04. The van der Waals surface area contributed by atoms with Crippen molar-refractivity contribution in [2.24, 2.45) is 5.41 Å². The molecular weight excluding hydrogens is 390 g/mol. The number of nitrogens with zero attached hydrogens (tertiary/aromatic N) is 2. The quantitative estimate of drug-likeness (QED) is 0.562. The molecule has 0 unspecified atom stereocenters. The van der Waals surface area contributed by atoms with Crippen LogP contribution in [0, 0.1) is 5.41 Å². The van der Waals surface area contributed by atoms with E-state index in [1.165, 1.54) is 10.6 Å². The largest absolute Gasteiger partial charge is 0.477 e. The van der Waals surface area contributed by atoms with Crippen LogP contribution in [0.25, 0.3) is 5.65 Å². The number of rotatable bonds is 4. The third-order valence-electron chi connectivity index (χ3n) is 4.32. The van der Waals surface area contributed by atoms with Crippen LogP contribution in [0.2, 0.25) is 0 Å². The van der Waals surface area contributed by atoms with Gasteiger partial charge >= 0.3 is 23.2 Å². The first-order valence-electron chi connectivity index (χ1n) is 9.96. The van der Waals surface area contributed by atoms with Crippen molar-refractivity contribution in [1.29, 1.82) is 0 Å². The normalized spacial score (nSPS) is 14.6. The summed E-state index contributed by atoms with van der Waals surface area (Å²) in [5.74, 6) is -0.827. The summed E-state index contributed by atoms with van der Waals surface area (Å²) in [6.45, 7) is 11.5. The molecule has 2 aromatic rings. The van der Waals surface area contributed by atoms with Gasteiger partial charge in [0, 0.05) is 6.04 Å². The van der Waals surface area contributed by atoms with Gasteiger partial charge in [-0.2, -0.15) is 4.57 Å². The fourth-order valence-corrected chi connectivity index (χ4v) is 3.00. The maximum Gasteiger partial charge on any atom is 0.413 e. The number of amides is 2. The Morgan fingerprint density at radius 2 is 1.90 bits per heavy atom. The zero-order valence-electron chi connectivity index (χ0n) is 18.3. The molecule has 3 rings (SSSR count). The number of carbonyl (C=O) groups is 2. The minimum absolute atomic E-state index is 0.0288. The molecule has 0 aliphatic heterocycles. The second kappa shape index (κ2) is 7.33. The molecule has 0 radical (unpaired) electrons. The van der Waals surface area contributed by atoms with Crippen molar-refractivity contribution < 1.29 is 24.0 Å². The van der Waals surface area contributed by atoms with E-state index in [1.807, 2.05) is 20.8 Å². The van der Waals surface area contributed by atoms with Gasteiger partial charge in [0.2, 0.25) is 5.56 Å². The van der Waals surface area contributed by atoms with Crippen LogP contribution >= 0.6 is 0 Å². The van der Waals surface area contributed by atoms with Crippen molar-refractivity contribution in [3.05, 3.63) is 22.0 Å². The average molecular weight is 420 g/mol. The van der Waals surface area contributed by atoms with Crippen molar-refractivity contribution in [1.82, 2.24) is 14.9 Å². The standard InChI is InChI=1S/C20H29N5O5/c1-19(2,3)10-24-13-9-12(22-18(29)30-20(4,5)6)23-25(13)17(28)14(16(24)27)15(26)21-11-7-8-11/h9,11H,7-8,10H2,1-6H3,(H3,21,22,23,26,27,28,29)/p+1. The Balaban J connectivity index is 2.09. The smallest absolute Gasteiger partial charge is 0.413 e. The number of anilines is 1. The Bertz CT molecular complexity index is 1050. The summed E-state index contributed by atoms with van der Waals surface area (Å²) in [7, 11) is 0. The monoisotopic (exact) mass is 420 g/mol. The van der Waals surface area contributed by atoms with E-state index in [2.05, 4.69) is 15.7 Å². The summed E-state index contributed by atoms with van der Waals surface area (Å²) in [5.41, 5.74) is -1.69. The van der Waals surface area contributed by atoms with Crippen molar-refractivity contribution in [2.45, 2.75) is 72.6 Å². The second-order valence-electron chi connectivity index (χ2n) is 9.89. The lowest BCUT2D eigenvalue weighted by Gasteiger charge is -2.18. The fourth-order valence-electron chi connectivity index (χ4n) is 3.00. The Morgan fingerprint density at radius 1 is 1.27 bits per heavy atom. The number of hydrogen-bond donors (Lipinski definition) is 4. The lowest BCUT2D eigenvalue weighted by Crippen LogP contribution is -2.47. The van der Waals surface area contributed by atoms with E-state index in [1.54, 1.807) is 20.8 Å². The third-order valence-corrected chi connectivity index (χ3v) is 4.32. The highest BCUT2D eigenvalue weighted by molar-refractivity contribution is 5.96. The van der Waals surface area contributed by atoms with Crippen LogP contribution in [0.4, 0.5) is 10.6 Å². The summed E-state index contributed by atoms with van der Waals surface area (Å²) >= 11 is 0. The first-order valence-corrected chi connectivity index (χ1v) is 9.96. The molecule has 2 heterocycles. The summed E-state index contributed by atoms with van der Waals surface area (Å²) in [6.07, 6.45) is 1.01. The molecule has 0 spiro atoms. The number of aromatic nitrogens is 3. The Kier molecular flexibility index (Phi) is 5.30. The number of carbonyl (C=O) groups excluding carboxylic acids is 2. The summed E-state index contributed by atoms with van der Waals surface area (Å²) in [5, 5.41) is 18.9. The van der Waals surface area contributed by atoms with Gasteiger partial charge < -0.3 is 15.2 Å². The maximum absolute atomic E-state index is 13.0. The number of fused-ring (bicyclic) bond motifs is 1. The van der Waals surface area contributed by atoms with Crippen LogP contribution in [0.1, 0.15) is 64.7 Å². The minimum Gasteiger partial charge on any atom is -0.477 e. The zero-order valence-corrected chi connectivity index (χ0v) is 18.3. The number of aromatic hydroxyl groups is 1. The molecule has 2 aromatic heterocycles. The third kappa shape index (κ3) is 4.92. The van der Waals surface area contributed by atoms with Gasteiger partial charge in [-0.15, -0.1) is 0 Å². The number of ether oxygens (including phenoxy) is 1. The predicted octanol–water partition coefficient (Wildman–Crippen LogP) is 1.91. The zero-order chi connectivity index (χ0) is 22.4. The topological polar surface area (TPSA) is 129 Å². The summed E-state index contributed by atoms with van der Waals surface area (Å²) < 4.78 is 7.86. The van der Waals surface area contributed by atoms with Gasteiger partial charge in [0.15, 0.2) is 5.82 Å². The van der Waals surface area contributed by atoms with Gasteiger partial charge in [0.1, 0.15) is 5.60 Å². The van der Waals surface area contributed by atoms with Crippen molar-refractivity contribution in [3.8, 4) is 5.88 Å². The van der Waals surface area contributed by atoms with Crippen molar-refractivity contribution in [3.63, 3.8) is 0 Å². The Labute approximate surface area is 174 Å². The second-order valence-corrected chi connectivity index (χ2v) is 9.89. The molecule has 10 nitrogen and oxygen atoms in total. The van der Waals surface area contributed by atoms with Crippen LogP contribution in [-0.2, 0) is 11.3 Å². The van der Waals surface area contributed by atoms with E-state index in [-0.39, 0.29) is 22.8 Å². The van der Waals surface area contributed by atoms with Crippen LogP contribution in [-0.4, -0.2) is 38.4 Å². The van der Waals surface area contributed by atoms with E-state index in [0.717, 1.165) is 17.4 Å². The highest BCUT2D eigenvalue weighted by Gasteiger charge is 2.35. The number of nitrogens with one attached hydrogen (secondary N) is 3. The van der Waals surface area contributed by atoms with E-state index >= 15 is 0 Å². The lowest BCUT2D eigenvalue weighted by atomic mass is 9.96. The van der Waals surface area contributed by atoms with Gasteiger partial charge in [-0.3, -0.25) is 10.1 Å². The van der Waals surface area contributed by atoms with Crippen LogP contribution in [0.5, 0.6) is 5.88 Å². The first-order chi connectivity index (χ1) is 13.7.